The summed E-state index contributed by atoms with van der Waals surface area (Å²) in [6, 6.07) is 5.88. The van der Waals surface area contributed by atoms with Gasteiger partial charge in [-0.2, -0.15) is 0 Å². The fourth-order valence-electron chi connectivity index (χ4n) is 1.26. The zero-order valence-corrected chi connectivity index (χ0v) is 8.64. The van der Waals surface area contributed by atoms with Crippen LogP contribution in [-0.2, 0) is 13.0 Å². The minimum Gasteiger partial charge on any atom is -0.392 e. The smallest absolute Gasteiger partial charge is 0.0696 e. The Hall–Kier alpha value is -0.530. The van der Waals surface area contributed by atoms with Gasteiger partial charge in [0.15, 0.2) is 0 Å². The maximum absolute atomic E-state index is 8.90. The first-order chi connectivity index (χ1) is 6.27. The second-order valence-corrected chi connectivity index (χ2v) is 3.59. The van der Waals surface area contributed by atoms with Gasteiger partial charge in [-0.25, -0.2) is 0 Å². The number of aliphatic hydroxyl groups is 1. The highest BCUT2D eigenvalue weighted by atomic mass is 35.5. The number of aliphatic hydroxyl groups excluding tert-OH is 1. The topological polar surface area (TPSA) is 20.2 Å². The Balaban J connectivity index is 2.71. The van der Waals surface area contributed by atoms with E-state index < -0.39 is 0 Å². The molecular formula is C11H15ClO. The van der Waals surface area contributed by atoms with Crippen molar-refractivity contribution in [3.8, 4) is 0 Å². The maximum atomic E-state index is 8.90. The molecule has 0 saturated carbocycles. The van der Waals surface area contributed by atoms with E-state index in [2.05, 4.69) is 6.92 Å². The summed E-state index contributed by atoms with van der Waals surface area (Å²) in [6.07, 6.45) is 3.45. The molecule has 1 rings (SSSR count). The molecule has 1 nitrogen and oxygen atoms in total. The van der Waals surface area contributed by atoms with Crippen molar-refractivity contribution < 1.29 is 5.11 Å². The van der Waals surface area contributed by atoms with Crippen LogP contribution in [0.1, 0.15) is 30.9 Å². The molecule has 0 aliphatic rings. The summed E-state index contributed by atoms with van der Waals surface area (Å²) in [5.74, 6) is 0. The molecule has 0 bridgehead atoms. The molecule has 0 aliphatic heterocycles. The van der Waals surface area contributed by atoms with Gasteiger partial charge in [0, 0.05) is 5.02 Å². The zero-order valence-electron chi connectivity index (χ0n) is 7.89. The predicted octanol–water partition coefficient (Wildman–Crippen LogP) is 3.17. The highest BCUT2D eigenvalue weighted by Gasteiger charge is 1.99. The van der Waals surface area contributed by atoms with Gasteiger partial charge in [-0.15, -0.1) is 0 Å². The van der Waals surface area contributed by atoms with E-state index in [1.807, 2.05) is 18.2 Å². The monoisotopic (exact) mass is 198 g/mol. The molecule has 0 unspecified atom stereocenters. The third-order valence-corrected chi connectivity index (χ3v) is 2.46. The molecule has 72 valence electrons. The molecule has 0 radical (unpaired) electrons. The van der Waals surface area contributed by atoms with Crippen molar-refractivity contribution in [1.82, 2.24) is 0 Å². The summed E-state index contributed by atoms with van der Waals surface area (Å²) in [5.41, 5.74) is 2.06. The molecular weight excluding hydrogens is 184 g/mol. The van der Waals surface area contributed by atoms with E-state index in [1.165, 1.54) is 18.4 Å². The second-order valence-electron chi connectivity index (χ2n) is 3.19. The molecule has 1 aromatic carbocycles. The normalized spacial score (nSPS) is 10.4. The summed E-state index contributed by atoms with van der Waals surface area (Å²) < 4.78 is 0. The number of benzene rings is 1. The van der Waals surface area contributed by atoms with E-state index in [0.717, 1.165) is 12.0 Å². The van der Waals surface area contributed by atoms with Gasteiger partial charge < -0.3 is 5.11 Å². The summed E-state index contributed by atoms with van der Waals surface area (Å²) in [4.78, 5) is 0. The van der Waals surface area contributed by atoms with Gasteiger partial charge in [0.05, 0.1) is 6.61 Å². The van der Waals surface area contributed by atoms with Gasteiger partial charge in [0.1, 0.15) is 0 Å². The molecule has 0 amide bonds. The third kappa shape index (κ3) is 3.02. The number of hydrogen-bond acceptors (Lipinski definition) is 1. The quantitative estimate of drug-likeness (QED) is 0.788. The fourth-order valence-corrected chi connectivity index (χ4v) is 1.52. The summed E-state index contributed by atoms with van der Waals surface area (Å²) in [5, 5.41) is 9.58. The Morgan fingerprint density at radius 2 is 2.15 bits per heavy atom. The highest BCUT2D eigenvalue weighted by molar-refractivity contribution is 6.31. The predicted molar refractivity (Wildman–Crippen MR) is 56.0 cm³/mol. The number of halogens is 1. The first kappa shape index (κ1) is 10.6. The molecule has 0 spiro atoms. The SMILES string of the molecule is CCCCc1ccc(CO)c(Cl)c1. The Morgan fingerprint density at radius 1 is 1.38 bits per heavy atom. The number of hydrogen-bond donors (Lipinski definition) is 1. The van der Waals surface area contributed by atoms with Crippen molar-refractivity contribution in [3.63, 3.8) is 0 Å². The van der Waals surface area contributed by atoms with Crippen molar-refractivity contribution >= 4 is 11.6 Å². The summed E-state index contributed by atoms with van der Waals surface area (Å²) in [7, 11) is 0. The molecule has 1 aromatic rings. The van der Waals surface area contributed by atoms with Crippen molar-refractivity contribution in [1.29, 1.82) is 0 Å². The lowest BCUT2D eigenvalue weighted by molar-refractivity contribution is 0.282. The third-order valence-electron chi connectivity index (χ3n) is 2.11. The van der Waals surface area contributed by atoms with Crippen LogP contribution in [0, 0.1) is 0 Å². The lowest BCUT2D eigenvalue weighted by Gasteiger charge is -2.04. The van der Waals surface area contributed by atoms with Crippen LogP contribution in [0.4, 0.5) is 0 Å². The van der Waals surface area contributed by atoms with Gasteiger partial charge in [-0.1, -0.05) is 37.1 Å². The second kappa shape index (κ2) is 5.25. The van der Waals surface area contributed by atoms with E-state index in [-0.39, 0.29) is 6.61 Å². The van der Waals surface area contributed by atoms with Crippen LogP contribution in [0.25, 0.3) is 0 Å². The molecule has 0 aromatic heterocycles. The first-order valence-electron chi connectivity index (χ1n) is 4.66. The number of aryl methyl sites for hydroxylation is 1. The number of unbranched alkanes of at least 4 members (excludes halogenated alkanes) is 1. The van der Waals surface area contributed by atoms with Crippen molar-refractivity contribution in [3.05, 3.63) is 34.3 Å². The molecule has 0 heterocycles. The fraction of sp³-hybridized carbons (Fsp3) is 0.455. The van der Waals surface area contributed by atoms with Crippen LogP contribution in [0.2, 0.25) is 5.02 Å². The Morgan fingerprint density at radius 3 is 2.69 bits per heavy atom. The van der Waals surface area contributed by atoms with Crippen LogP contribution < -0.4 is 0 Å². The molecule has 2 heteroatoms. The van der Waals surface area contributed by atoms with E-state index in [0.29, 0.717) is 5.02 Å². The first-order valence-corrected chi connectivity index (χ1v) is 5.04. The van der Waals surface area contributed by atoms with Gasteiger partial charge in [0.25, 0.3) is 0 Å². The Labute approximate surface area is 84.4 Å². The lowest BCUT2D eigenvalue weighted by atomic mass is 10.1. The molecule has 0 saturated heterocycles. The van der Waals surface area contributed by atoms with Gasteiger partial charge in [-0.05, 0) is 30.0 Å². The van der Waals surface area contributed by atoms with Crippen LogP contribution in [-0.4, -0.2) is 5.11 Å². The van der Waals surface area contributed by atoms with Gasteiger partial charge in [0.2, 0.25) is 0 Å². The maximum Gasteiger partial charge on any atom is 0.0696 e. The van der Waals surface area contributed by atoms with Crippen LogP contribution in [0.5, 0.6) is 0 Å². The molecule has 0 aliphatic carbocycles. The Kier molecular flexibility index (Phi) is 4.26. The molecule has 0 atom stereocenters. The molecule has 1 N–H and O–H groups in total. The van der Waals surface area contributed by atoms with Crippen molar-refractivity contribution in [2.24, 2.45) is 0 Å². The summed E-state index contributed by atoms with van der Waals surface area (Å²) in [6.45, 7) is 2.19. The van der Waals surface area contributed by atoms with Crippen molar-refractivity contribution in [2.45, 2.75) is 32.8 Å². The van der Waals surface area contributed by atoms with Crippen LogP contribution >= 0.6 is 11.6 Å². The van der Waals surface area contributed by atoms with E-state index in [1.54, 1.807) is 0 Å². The largest absolute Gasteiger partial charge is 0.392 e. The van der Waals surface area contributed by atoms with Crippen LogP contribution in [0.15, 0.2) is 18.2 Å². The standard InChI is InChI=1S/C11H15ClO/c1-2-3-4-9-5-6-10(8-13)11(12)7-9/h5-7,13H,2-4,8H2,1H3. The van der Waals surface area contributed by atoms with E-state index in [4.69, 9.17) is 16.7 Å². The average molecular weight is 199 g/mol. The number of rotatable bonds is 4. The van der Waals surface area contributed by atoms with Gasteiger partial charge in [-0.3, -0.25) is 0 Å². The minimum absolute atomic E-state index is 0.0207. The highest BCUT2D eigenvalue weighted by Crippen LogP contribution is 2.18. The summed E-state index contributed by atoms with van der Waals surface area (Å²) >= 11 is 5.95. The molecule has 0 fully saturated rings. The average Bonchev–Trinajstić information content (AvgIpc) is 2.15. The van der Waals surface area contributed by atoms with Crippen molar-refractivity contribution in [2.75, 3.05) is 0 Å². The Bertz CT molecular complexity index is 271. The van der Waals surface area contributed by atoms with E-state index in [9.17, 15) is 0 Å². The molecule has 13 heavy (non-hydrogen) atoms. The van der Waals surface area contributed by atoms with Gasteiger partial charge >= 0.3 is 0 Å². The zero-order chi connectivity index (χ0) is 9.68. The minimum atomic E-state index is 0.0207. The van der Waals surface area contributed by atoms with Crippen LogP contribution in [0.3, 0.4) is 0 Å². The van der Waals surface area contributed by atoms with E-state index >= 15 is 0 Å². The lowest BCUT2D eigenvalue weighted by Crippen LogP contribution is -1.89.